The van der Waals surface area contributed by atoms with Crippen LogP contribution in [0.5, 0.6) is 0 Å². The van der Waals surface area contributed by atoms with E-state index in [-0.39, 0.29) is 12.4 Å². The van der Waals surface area contributed by atoms with Gasteiger partial charge in [-0.05, 0) is 0 Å². The van der Waals surface area contributed by atoms with E-state index < -0.39 is 44.3 Å². The van der Waals surface area contributed by atoms with Crippen LogP contribution in [-0.4, -0.2) is 76.5 Å². The lowest BCUT2D eigenvalue weighted by Gasteiger charge is -2.28. The largest absolute Gasteiger partial charge is 0.472 e. The molecule has 2 saturated heterocycles. The fourth-order valence-corrected chi connectivity index (χ4v) is 3.66. The summed E-state index contributed by atoms with van der Waals surface area (Å²) >= 11 is 0. The summed E-state index contributed by atoms with van der Waals surface area (Å²) in [6.07, 6.45) is -1.50. The number of rotatable bonds is 1. The smallest absolute Gasteiger partial charge is 0.386 e. The summed E-state index contributed by atoms with van der Waals surface area (Å²) in [6.45, 7) is -0.187. The first-order valence-corrected chi connectivity index (χ1v) is 7.91. The van der Waals surface area contributed by atoms with Gasteiger partial charge in [0.1, 0.15) is 30.5 Å². The highest BCUT2D eigenvalue weighted by atomic mass is 31.2. The molecule has 0 aromatic rings. The molecule has 4 aliphatic rings. The number of aliphatic hydroxyl groups excluding tert-OH is 1. The van der Waals surface area contributed by atoms with E-state index >= 15 is 0 Å². The van der Waals surface area contributed by atoms with Crippen LogP contribution in [-0.2, 0) is 23.1 Å². The van der Waals surface area contributed by atoms with Gasteiger partial charge in [-0.15, -0.1) is 0 Å². The second-order valence-corrected chi connectivity index (χ2v) is 6.44. The molecule has 0 radical (unpaired) electrons. The molecule has 11 nitrogen and oxygen atoms in total. The summed E-state index contributed by atoms with van der Waals surface area (Å²) in [5.74, 6) is -0.191. The molecule has 22 heavy (non-hydrogen) atoms. The van der Waals surface area contributed by atoms with Crippen molar-refractivity contribution in [2.45, 2.75) is 30.6 Å². The first kappa shape index (κ1) is 14.1. The zero-order chi connectivity index (χ0) is 15.5. The first-order chi connectivity index (χ1) is 10.5. The van der Waals surface area contributed by atoms with Crippen LogP contribution < -0.4 is 0 Å². The van der Waals surface area contributed by atoms with E-state index in [1.165, 1.54) is 11.2 Å². The van der Waals surface area contributed by atoms with E-state index in [1.54, 1.807) is 0 Å². The number of amides is 1. The van der Waals surface area contributed by atoms with E-state index in [4.69, 9.17) is 9.26 Å². The number of hydrogen-bond acceptors (Lipinski definition) is 9. The van der Waals surface area contributed by atoms with Crippen LogP contribution >= 0.6 is 7.82 Å². The zero-order valence-corrected chi connectivity index (χ0v) is 11.8. The van der Waals surface area contributed by atoms with Crippen molar-refractivity contribution in [3.8, 4) is 0 Å². The molecule has 1 amide bonds. The van der Waals surface area contributed by atoms with Crippen molar-refractivity contribution in [1.82, 2.24) is 4.90 Å². The molecule has 0 aromatic carbocycles. The van der Waals surface area contributed by atoms with Gasteiger partial charge in [0.25, 0.3) is 5.91 Å². The molecular weight excluding hydrogens is 319 g/mol. The Bertz CT molecular complexity index is 664. The molecule has 0 spiro atoms. The molecule has 4 heterocycles. The van der Waals surface area contributed by atoms with Gasteiger partial charge in [-0.25, -0.2) is 9.56 Å². The number of phosphoric ester groups is 1. The quantitative estimate of drug-likeness (QED) is 0.540. The highest BCUT2D eigenvalue weighted by Crippen LogP contribution is 2.51. The van der Waals surface area contributed by atoms with Crippen molar-refractivity contribution >= 4 is 32.2 Å². The van der Waals surface area contributed by atoms with Crippen molar-refractivity contribution in [3.63, 3.8) is 0 Å². The lowest BCUT2D eigenvalue weighted by Crippen LogP contribution is -2.48. The molecule has 2 N–H and O–H groups in total. The average molecular weight is 330 g/mol. The Morgan fingerprint density at radius 2 is 2.27 bits per heavy atom. The van der Waals surface area contributed by atoms with E-state index in [1.807, 2.05) is 0 Å². The van der Waals surface area contributed by atoms with Gasteiger partial charge in [-0.1, -0.05) is 0 Å². The SMILES string of the molecule is O=C1N=CN=C2C1N=CN2[C@@H]1O[C@@H]2COP(=O)(O)O[C@H]2[C@H]1O. The predicted octanol–water partition coefficient (Wildman–Crippen LogP) is -1.73. The van der Waals surface area contributed by atoms with Crippen molar-refractivity contribution in [2.24, 2.45) is 15.0 Å². The Hall–Kier alpha value is -1.49. The maximum atomic E-state index is 11.6. The molecule has 2 fully saturated rings. The lowest BCUT2D eigenvalue weighted by atomic mass is 10.1. The van der Waals surface area contributed by atoms with Gasteiger partial charge in [-0.3, -0.25) is 23.7 Å². The summed E-state index contributed by atoms with van der Waals surface area (Å²) in [5.41, 5.74) is 0. The summed E-state index contributed by atoms with van der Waals surface area (Å²) in [7, 11) is -4.19. The van der Waals surface area contributed by atoms with Crippen molar-refractivity contribution in [2.75, 3.05) is 6.61 Å². The Morgan fingerprint density at radius 3 is 3.09 bits per heavy atom. The van der Waals surface area contributed by atoms with Crippen molar-refractivity contribution in [1.29, 1.82) is 0 Å². The minimum Gasteiger partial charge on any atom is -0.386 e. The highest BCUT2D eigenvalue weighted by molar-refractivity contribution is 7.47. The Morgan fingerprint density at radius 1 is 1.45 bits per heavy atom. The minimum absolute atomic E-state index is 0.187. The number of ether oxygens (including phenoxy) is 1. The molecule has 0 aromatic heterocycles. The average Bonchev–Trinajstić information content (AvgIpc) is 3.01. The van der Waals surface area contributed by atoms with Crippen LogP contribution in [0.4, 0.5) is 0 Å². The van der Waals surface area contributed by atoms with Gasteiger partial charge in [0.15, 0.2) is 12.3 Å². The van der Waals surface area contributed by atoms with Crippen LogP contribution in [0.2, 0.25) is 0 Å². The molecule has 118 valence electrons. The maximum Gasteiger partial charge on any atom is 0.472 e. The molecule has 4 aliphatic heterocycles. The van der Waals surface area contributed by atoms with Crippen LogP contribution in [0.1, 0.15) is 0 Å². The summed E-state index contributed by atoms with van der Waals surface area (Å²) in [4.78, 5) is 33.8. The predicted molar refractivity (Wildman–Crippen MR) is 70.4 cm³/mol. The molecule has 6 atom stereocenters. The van der Waals surface area contributed by atoms with Gasteiger partial charge >= 0.3 is 7.82 Å². The summed E-state index contributed by atoms with van der Waals surface area (Å²) in [6, 6.07) is -0.857. The van der Waals surface area contributed by atoms with E-state index in [2.05, 4.69) is 19.5 Å². The second-order valence-electron chi connectivity index (χ2n) is 5.03. The second kappa shape index (κ2) is 4.75. The molecule has 2 unspecified atom stereocenters. The van der Waals surface area contributed by atoms with Gasteiger partial charge in [0.2, 0.25) is 0 Å². The Balaban J connectivity index is 1.59. The molecule has 12 heteroatoms. The van der Waals surface area contributed by atoms with Gasteiger partial charge < -0.3 is 14.7 Å². The normalized spacial score (nSPS) is 46.6. The molecular formula is C10H11N4O7P. The molecule has 0 aliphatic carbocycles. The Kier molecular flexibility index (Phi) is 3.05. The third-order valence-corrected chi connectivity index (χ3v) is 4.68. The molecule has 0 saturated carbocycles. The number of hydrogen-bond donors (Lipinski definition) is 2. The minimum atomic E-state index is -4.19. The van der Waals surface area contributed by atoms with Crippen LogP contribution in [0.3, 0.4) is 0 Å². The van der Waals surface area contributed by atoms with Crippen LogP contribution in [0.25, 0.3) is 0 Å². The molecule has 0 bridgehead atoms. The standard InChI is InChI=1S/C10H11N4O7P/c15-6-7-4(1-19-22(17,18)21-7)20-10(6)14-3-13-5-8(14)11-2-12-9(5)16/h2-7,10,15H,1H2,(H,17,18)/t4-,5?,6-,7-,10-/m1/s1. The number of phosphoric acid groups is 1. The number of carbonyl (C=O) groups is 1. The summed E-state index contributed by atoms with van der Waals surface area (Å²) < 4.78 is 26.6. The monoisotopic (exact) mass is 330 g/mol. The van der Waals surface area contributed by atoms with Crippen LogP contribution in [0.15, 0.2) is 15.0 Å². The fraction of sp³-hybridized carbons (Fsp3) is 0.600. The number of fused-ring (bicyclic) bond motifs is 2. The van der Waals surface area contributed by atoms with Crippen molar-refractivity contribution in [3.05, 3.63) is 0 Å². The number of amidine groups is 1. The van der Waals surface area contributed by atoms with Gasteiger partial charge in [-0.2, -0.15) is 4.99 Å². The fourth-order valence-electron chi connectivity index (χ4n) is 2.69. The van der Waals surface area contributed by atoms with E-state index in [9.17, 15) is 19.4 Å². The molecule has 4 rings (SSSR count). The lowest BCUT2D eigenvalue weighted by molar-refractivity contribution is -0.117. The topological polar surface area (TPSA) is 143 Å². The first-order valence-electron chi connectivity index (χ1n) is 6.41. The third kappa shape index (κ3) is 2.06. The number of aliphatic hydroxyl groups is 1. The third-order valence-electron chi connectivity index (χ3n) is 3.70. The van der Waals surface area contributed by atoms with E-state index in [0.29, 0.717) is 0 Å². The highest BCUT2D eigenvalue weighted by Gasteiger charge is 2.55. The number of nitrogens with zero attached hydrogens (tertiary/aromatic N) is 4. The van der Waals surface area contributed by atoms with Gasteiger partial charge in [0.05, 0.1) is 12.9 Å². The van der Waals surface area contributed by atoms with Crippen LogP contribution in [0, 0.1) is 0 Å². The Labute approximate surface area is 123 Å². The maximum absolute atomic E-state index is 11.6. The number of aliphatic imine (C=N–C) groups is 3. The summed E-state index contributed by atoms with van der Waals surface area (Å²) in [5, 5.41) is 10.3. The zero-order valence-electron chi connectivity index (χ0n) is 10.9. The number of carbonyl (C=O) groups excluding carboxylic acids is 1. The van der Waals surface area contributed by atoms with E-state index in [0.717, 1.165) is 6.34 Å². The van der Waals surface area contributed by atoms with Gasteiger partial charge in [0, 0.05) is 0 Å². The van der Waals surface area contributed by atoms with Crippen molar-refractivity contribution < 1.29 is 33.1 Å².